The lowest BCUT2D eigenvalue weighted by Crippen LogP contribution is -1.84. The smallest absolute Gasteiger partial charge is 0.187 e. The van der Waals surface area contributed by atoms with E-state index in [0.717, 1.165) is 12.1 Å². The molecular formula is C9H7BrF2O. The van der Waals surface area contributed by atoms with Crippen LogP contribution in [0.15, 0.2) is 18.2 Å². The predicted molar refractivity (Wildman–Crippen MR) is 50.9 cm³/mol. The van der Waals surface area contributed by atoms with Crippen LogP contribution in [-0.4, -0.2) is 10.4 Å². The molecule has 0 amide bonds. The highest BCUT2D eigenvalue weighted by molar-refractivity contribution is 9.09. The quantitative estimate of drug-likeness (QED) is 0.798. The largest absolute Gasteiger partial charge is 0.503 e. The van der Waals surface area contributed by atoms with E-state index in [2.05, 4.69) is 15.9 Å². The second kappa shape index (κ2) is 4.37. The Bertz CT molecular complexity index is 313. The Morgan fingerprint density at radius 2 is 1.85 bits per heavy atom. The van der Waals surface area contributed by atoms with Gasteiger partial charge in [0, 0.05) is 5.33 Å². The van der Waals surface area contributed by atoms with Crippen molar-refractivity contribution in [3.8, 4) is 5.75 Å². The van der Waals surface area contributed by atoms with E-state index >= 15 is 0 Å². The van der Waals surface area contributed by atoms with Crippen molar-refractivity contribution in [2.75, 3.05) is 5.33 Å². The van der Waals surface area contributed by atoms with E-state index in [9.17, 15) is 8.78 Å². The molecule has 0 saturated heterocycles. The fourth-order valence-corrected chi connectivity index (χ4v) is 1.05. The van der Waals surface area contributed by atoms with Crippen LogP contribution in [0.3, 0.4) is 0 Å². The summed E-state index contributed by atoms with van der Waals surface area (Å²) in [5.74, 6) is -2.83. The average molecular weight is 249 g/mol. The van der Waals surface area contributed by atoms with Gasteiger partial charge < -0.3 is 5.11 Å². The first-order valence-electron chi connectivity index (χ1n) is 3.55. The van der Waals surface area contributed by atoms with Gasteiger partial charge in [-0.25, -0.2) is 8.78 Å². The maximum absolute atomic E-state index is 12.7. The van der Waals surface area contributed by atoms with Crippen molar-refractivity contribution < 1.29 is 13.9 Å². The Labute approximate surface area is 82.8 Å². The van der Waals surface area contributed by atoms with Crippen LogP contribution in [0.25, 0.3) is 6.08 Å². The fourth-order valence-electron chi connectivity index (χ4n) is 0.862. The number of alkyl halides is 1. The van der Waals surface area contributed by atoms with Crippen LogP contribution in [0, 0.1) is 11.6 Å². The highest BCUT2D eigenvalue weighted by Crippen LogP contribution is 2.21. The number of benzene rings is 1. The van der Waals surface area contributed by atoms with Crippen molar-refractivity contribution in [3.05, 3.63) is 35.4 Å². The van der Waals surface area contributed by atoms with E-state index in [-0.39, 0.29) is 0 Å². The van der Waals surface area contributed by atoms with Crippen LogP contribution in [-0.2, 0) is 0 Å². The molecule has 0 aromatic heterocycles. The molecule has 70 valence electrons. The van der Waals surface area contributed by atoms with E-state index in [4.69, 9.17) is 5.11 Å². The third-order valence-electron chi connectivity index (χ3n) is 1.44. The Morgan fingerprint density at radius 1 is 1.31 bits per heavy atom. The molecule has 0 saturated carbocycles. The molecule has 0 aliphatic heterocycles. The number of halogens is 3. The van der Waals surface area contributed by atoms with Gasteiger partial charge in [0.15, 0.2) is 17.4 Å². The van der Waals surface area contributed by atoms with Crippen molar-refractivity contribution in [2.45, 2.75) is 0 Å². The van der Waals surface area contributed by atoms with Crippen molar-refractivity contribution in [1.82, 2.24) is 0 Å². The molecule has 1 nitrogen and oxygen atoms in total. The van der Waals surface area contributed by atoms with Crippen LogP contribution in [0.1, 0.15) is 5.56 Å². The number of hydrogen-bond donors (Lipinski definition) is 1. The summed E-state index contributed by atoms with van der Waals surface area (Å²) >= 11 is 3.13. The number of allylic oxidation sites excluding steroid dienone is 1. The highest BCUT2D eigenvalue weighted by atomic mass is 79.9. The average Bonchev–Trinajstić information content (AvgIpc) is 2.10. The summed E-state index contributed by atoms with van der Waals surface area (Å²) in [5, 5.41) is 9.38. The molecule has 0 atom stereocenters. The van der Waals surface area contributed by atoms with Crippen molar-refractivity contribution >= 4 is 22.0 Å². The summed E-state index contributed by atoms with van der Waals surface area (Å²) in [4.78, 5) is 0. The predicted octanol–water partition coefficient (Wildman–Crippen LogP) is 3.08. The minimum Gasteiger partial charge on any atom is -0.503 e. The van der Waals surface area contributed by atoms with E-state index in [0.29, 0.717) is 10.9 Å². The normalized spacial score (nSPS) is 11.0. The number of aromatic hydroxyl groups is 1. The standard InChI is InChI=1S/C9H7BrF2O/c10-3-1-2-6-4-7(11)9(13)8(12)5-6/h1-2,4-5,13H,3H2. The van der Waals surface area contributed by atoms with Gasteiger partial charge in [-0.3, -0.25) is 0 Å². The van der Waals surface area contributed by atoms with Gasteiger partial charge in [0.25, 0.3) is 0 Å². The summed E-state index contributed by atoms with van der Waals surface area (Å²) in [7, 11) is 0. The second-order valence-corrected chi connectivity index (χ2v) is 3.04. The first kappa shape index (κ1) is 10.2. The molecule has 1 aromatic rings. The molecule has 13 heavy (non-hydrogen) atoms. The molecule has 0 spiro atoms. The molecule has 0 aliphatic carbocycles. The first-order chi connectivity index (χ1) is 6.15. The number of phenolic OH excluding ortho intramolecular Hbond substituents is 1. The minimum atomic E-state index is -0.950. The summed E-state index contributed by atoms with van der Waals surface area (Å²) in [6.07, 6.45) is 3.26. The molecule has 0 unspecified atom stereocenters. The molecule has 0 heterocycles. The number of rotatable bonds is 2. The summed E-state index contributed by atoms with van der Waals surface area (Å²) < 4.78 is 25.5. The zero-order valence-corrected chi connectivity index (χ0v) is 8.18. The van der Waals surface area contributed by atoms with Gasteiger partial charge in [-0.2, -0.15) is 0 Å². The van der Waals surface area contributed by atoms with E-state index in [1.807, 2.05) is 0 Å². The van der Waals surface area contributed by atoms with E-state index in [1.165, 1.54) is 0 Å². The van der Waals surface area contributed by atoms with Crippen LogP contribution < -0.4 is 0 Å². The zero-order chi connectivity index (χ0) is 9.84. The van der Waals surface area contributed by atoms with Crippen molar-refractivity contribution in [3.63, 3.8) is 0 Å². The minimum absolute atomic E-state index is 0.382. The van der Waals surface area contributed by atoms with Gasteiger partial charge in [-0.15, -0.1) is 0 Å². The Kier molecular flexibility index (Phi) is 3.42. The molecule has 4 heteroatoms. The second-order valence-electron chi connectivity index (χ2n) is 2.39. The Morgan fingerprint density at radius 3 is 2.31 bits per heavy atom. The topological polar surface area (TPSA) is 20.2 Å². The van der Waals surface area contributed by atoms with E-state index < -0.39 is 17.4 Å². The monoisotopic (exact) mass is 248 g/mol. The molecule has 0 bridgehead atoms. The zero-order valence-electron chi connectivity index (χ0n) is 6.60. The summed E-state index contributed by atoms with van der Waals surface area (Å²) in [6, 6.07) is 2.13. The molecule has 0 radical (unpaired) electrons. The molecular weight excluding hydrogens is 242 g/mol. The third kappa shape index (κ3) is 2.52. The maximum atomic E-state index is 12.7. The molecule has 1 rings (SSSR count). The number of phenols is 1. The highest BCUT2D eigenvalue weighted by Gasteiger charge is 2.07. The van der Waals surface area contributed by atoms with Crippen LogP contribution in [0.5, 0.6) is 5.75 Å². The molecule has 0 aliphatic rings. The Balaban J connectivity index is 3.06. The maximum Gasteiger partial charge on any atom is 0.187 e. The van der Waals surface area contributed by atoms with Crippen LogP contribution in [0.4, 0.5) is 8.78 Å². The number of hydrogen-bond acceptors (Lipinski definition) is 1. The van der Waals surface area contributed by atoms with Crippen molar-refractivity contribution in [2.24, 2.45) is 0 Å². The lowest BCUT2D eigenvalue weighted by molar-refractivity contribution is 0.396. The Hall–Kier alpha value is -0.900. The SMILES string of the molecule is Oc1c(F)cc(C=CCBr)cc1F. The van der Waals surface area contributed by atoms with Gasteiger partial charge in [0.2, 0.25) is 0 Å². The van der Waals surface area contributed by atoms with Crippen molar-refractivity contribution in [1.29, 1.82) is 0 Å². The van der Waals surface area contributed by atoms with Crippen LogP contribution in [0.2, 0.25) is 0 Å². The molecule has 0 fully saturated rings. The first-order valence-corrected chi connectivity index (χ1v) is 4.68. The van der Waals surface area contributed by atoms with E-state index in [1.54, 1.807) is 12.2 Å². The van der Waals surface area contributed by atoms with Gasteiger partial charge >= 0.3 is 0 Å². The van der Waals surface area contributed by atoms with Gasteiger partial charge in [-0.05, 0) is 17.7 Å². The van der Waals surface area contributed by atoms with Gasteiger partial charge in [0.05, 0.1) is 0 Å². The molecule has 1 aromatic carbocycles. The molecule has 1 N–H and O–H groups in total. The summed E-state index contributed by atoms with van der Waals surface area (Å²) in [5.41, 5.74) is 0.382. The summed E-state index contributed by atoms with van der Waals surface area (Å²) in [6.45, 7) is 0. The lowest BCUT2D eigenvalue weighted by Gasteiger charge is -1.98. The third-order valence-corrected chi connectivity index (χ3v) is 1.81. The van der Waals surface area contributed by atoms with Crippen LogP contribution >= 0.6 is 15.9 Å². The fraction of sp³-hybridized carbons (Fsp3) is 0.111. The van der Waals surface area contributed by atoms with Gasteiger partial charge in [-0.1, -0.05) is 28.1 Å². The lowest BCUT2D eigenvalue weighted by atomic mass is 10.2. The van der Waals surface area contributed by atoms with Gasteiger partial charge in [0.1, 0.15) is 0 Å².